The highest BCUT2D eigenvalue weighted by atomic mass is 16.5. The van der Waals surface area contributed by atoms with Crippen LogP contribution in [0.25, 0.3) is 0 Å². The van der Waals surface area contributed by atoms with Crippen molar-refractivity contribution >= 4 is 11.8 Å². The molecule has 16 heavy (non-hydrogen) atoms. The molecule has 0 aromatic heterocycles. The molecule has 0 aromatic carbocycles. The third kappa shape index (κ3) is 5.67. The van der Waals surface area contributed by atoms with Crippen LogP contribution in [0, 0.1) is 0 Å². The number of nitrogens with zero attached hydrogens (tertiary/aromatic N) is 2. The molecular formula is C10H20N2O4. The first-order valence-electron chi connectivity index (χ1n) is 5.12. The van der Waals surface area contributed by atoms with Crippen molar-refractivity contribution in [2.75, 3.05) is 47.0 Å². The molecule has 0 heterocycles. The number of methoxy groups -OCH3 is 1. The van der Waals surface area contributed by atoms with Gasteiger partial charge in [-0.1, -0.05) is 0 Å². The minimum Gasteiger partial charge on any atom is -0.395 e. The van der Waals surface area contributed by atoms with Crippen molar-refractivity contribution < 1.29 is 19.4 Å². The van der Waals surface area contributed by atoms with E-state index in [4.69, 9.17) is 9.84 Å². The fourth-order valence-electron chi connectivity index (χ4n) is 1.10. The van der Waals surface area contributed by atoms with Gasteiger partial charge in [0.15, 0.2) is 0 Å². The van der Waals surface area contributed by atoms with Gasteiger partial charge in [0.05, 0.1) is 19.8 Å². The summed E-state index contributed by atoms with van der Waals surface area (Å²) in [6.07, 6.45) is 0. The summed E-state index contributed by atoms with van der Waals surface area (Å²) in [4.78, 5) is 25.5. The number of carbonyl (C=O) groups is 2. The molecule has 0 aliphatic carbocycles. The maximum Gasteiger partial charge on any atom is 0.242 e. The van der Waals surface area contributed by atoms with Crippen LogP contribution in [0.2, 0.25) is 0 Å². The van der Waals surface area contributed by atoms with Crippen LogP contribution in [-0.2, 0) is 14.3 Å². The van der Waals surface area contributed by atoms with Crippen molar-refractivity contribution in [3.63, 3.8) is 0 Å². The summed E-state index contributed by atoms with van der Waals surface area (Å²) in [5.41, 5.74) is 0. The number of ether oxygens (including phenoxy) is 1. The standard InChI is InChI=1S/C10H20N2O4/c1-9(14)11(2)8-10(15)12(4-6-13)5-7-16-3/h13H,4-8H2,1-3H3. The summed E-state index contributed by atoms with van der Waals surface area (Å²) in [5.74, 6) is -0.354. The van der Waals surface area contributed by atoms with Crippen molar-refractivity contribution in [2.24, 2.45) is 0 Å². The van der Waals surface area contributed by atoms with E-state index in [-0.39, 0.29) is 31.5 Å². The Kier molecular flexibility index (Phi) is 7.49. The number of amides is 2. The van der Waals surface area contributed by atoms with Crippen LogP contribution < -0.4 is 0 Å². The number of rotatable bonds is 7. The van der Waals surface area contributed by atoms with Gasteiger partial charge in [-0.2, -0.15) is 0 Å². The molecule has 0 radical (unpaired) electrons. The third-order valence-corrected chi connectivity index (χ3v) is 2.20. The largest absolute Gasteiger partial charge is 0.395 e. The molecule has 94 valence electrons. The average molecular weight is 232 g/mol. The van der Waals surface area contributed by atoms with E-state index in [0.717, 1.165) is 0 Å². The fourth-order valence-corrected chi connectivity index (χ4v) is 1.10. The first-order valence-corrected chi connectivity index (χ1v) is 5.12. The fraction of sp³-hybridized carbons (Fsp3) is 0.800. The van der Waals surface area contributed by atoms with Gasteiger partial charge in [-0.3, -0.25) is 9.59 Å². The average Bonchev–Trinajstić information content (AvgIpc) is 2.23. The van der Waals surface area contributed by atoms with Crippen molar-refractivity contribution in [1.82, 2.24) is 9.80 Å². The van der Waals surface area contributed by atoms with Gasteiger partial charge in [0.1, 0.15) is 0 Å². The molecule has 0 fully saturated rings. The zero-order chi connectivity index (χ0) is 12.6. The Labute approximate surface area is 95.8 Å². The van der Waals surface area contributed by atoms with Crippen LogP contribution >= 0.6 is 0 Å². The molecule has 6 nitrogen and oxygen atoms in total. The van der Waals surface area contributed by atoms with E-state index in [1.807, 2.05) is 0 Å². The SMILES string of the molecule is COCCN(CCO)C(=O)CN(C)C(C)=O. The summed E-state index contributed by atoms with van der Waals surface area (Å²) in [5, 5.41) is 8.81. The molecule has 0 aromatic rings. The van der Waals surface area contributed by atoms with E-state index in [1.165, 1.54) is 16.7 Å². The Hall–Kier alpha value is -1.14. The highest BCUT2D eigenvalue weighted by molar-refractivity contribution is 5.83. The second kappa shape index (κ2) is 8.06. The first-order chi connectivity index (χ1) is 7.52. The molecular weight excluding hydrogens is 212 g/mol. The number of hydrogen-bond donors (Lipinski definition) is 1. The summed E-state index contributed by atoms with van der Waals surface area (Å²) in [6.45, 7) is 2.42. The Morgan fingerprint density at radius 3 is 2.38 bits per heavy atom. The lowest BCUT2D eigenvalue weighted by Gasteiger charge is -2.24. The minimum atomic E-state index is -0.191. The van der Waals surface area contributed by atoms with E-state index < -0.39 is 0 Å². The molecule has 2 amide bonds. The molecule has 0 rings (SSSR count). The number of aliphatic hydroxyl groups is 1. The molecule has 0 saturated carbocycles. The molecule has 0 spiro atoms. The Morgan fingerprint density at radius 1 is 1.31 bits per heavy atom. The summed E-state index contributed by atoms with van der Waals surface area (Å²) >= 11 is 0. The second-order valence-corrected chi connectivity index (χ2v) is 3.47. The quantitative estimate of drug-likeness (QED) is 0.607. The molecule has 6 heteroatoms. The maximum absolute atomic E-state index is 11.7. The van der Waals surface area contributed by atoms with Crippen LogP contribution in [0.4, 0.5) is 0 Å². The van der Waals surface area contributed by atoms with Crippen LogP contribution in [-0.4, -0.2) is 73.7 Å². The van der Waals surface area contributed by atoms with E-state index in [0.29, 0.717) is 13.2 Å². The van der Waals surface area contributed by atoms with Crippen LogP contribution in [0.3, 0.4) is 0 Å². The van der Waals surface area contributed by atoms with Crippen molar-refractivity contribution in [3.8, 4) is 0 Å². The van der Waals surface area contributed by atoms with Crippen LogP contribution in [0.15, 0.2) is 0 Å². The van der Waals surface area contributed by atoms with Crippen LogP contribution in [0.1, 0.15) is 6.92 Å². The number of likely N-dealkylation sites (N-methyl/N-ethyl adjacent to an activating group) is 1. The second-order valence-electron chi connectivity index (χ2n) is 3.47. The molecule has 0 aliphatic heterocycles. The van der Waals surface area contributed by atoms with E-state index in [2.05, 4.69) is 0 Å². The minimum absolute atomic E-state index is 0.0268. The lowest BCUT2D eigenvalue weighted by atomic mass is 10.4. The molecule has 0 aliphatic rings. The Morgan fingerprint density at radius 2 is 1.94 bits per heavy atom. The van der Waals surface area contributed by atoms with Crippen molar-refractivity contribution in [3.05, 3.63) is 0 Å². The molecule has 0 bridgehead atoms. The smallest absolute Gasteiger partial charge is 0.242 e. The summed E-state index contributed by atoms with van der Waals surface area (Å²) in [7, 11) is 3.11. The van der Waals surface area contributed by atoms with Crippen molar-refractivity contribution in [1.29, 1.82) is 0 Å². The van der Waals surface area contributed by atoms with Gasteiger partial charge in [-0.15, -0.1) is 0 Å². The van der Waals surface area contributed by atoms with E-state index in [9.17, 15) is 9.59 Å². The number of carbonyl (C=O) groups excluding carboxylic acids is 2. The lowest BCUT2D eigenvalue weighted by molar-refractivity contribution is -0.139. The summed E-state index contributed by atoms with van der Waals surface area (Å²) < 4.78 is 4.87. The van der Waals surface area contributed by atoms with E-state index >= 15 is 0 Å². The van der Waals surface area contributed by atoms with Gasteiger partial charge in [-0.25, -0.2) is 0 Å². The molecule has 1 N–H and O–H groups in total. The topological polar surface area (TPSA) is 70.1 Å². The summed E-state index contributed by atoms with van der Waals surface area (Å²) in [6, 6.07) is 0. The van der Waals surface area contributed by atoms with Gasteiger partial charge >= 0.3 is 0 Å². The zero-order valence-electron chi connectivity index (χ0n) is 10.1. The van der Waals surface area contributed by atoms with E-state index in [1.54, 1.807) is 14.2 Å². The molecule has 0 saturated heterocycles. The first kappa shape index (κ1) is 14.9. The lowest BCUT2D eigenvalue weighted by Crippen LogP contribution is -2.43. The number of aliphatic hydroxyl groups excluding tert-OH is 1. The van der Waals surface area contributed by atoms with Gasteiger partial charge in [0.2, 0.25) is 11.8 Å². The van der Waals surface area contributed by atoms with Gasteiger partial charge in [0.25, 0.3) is 0 Å². The highest BCUT2D eigenvalue weighted by Crippen LogP contribution is 1.93. The zero-order valence-corrected chi connectivity index (χ0v) is 10.1. The van der Waals surface area contributed by atoms with Gasteiger partial charge < -0.3 is 19.6 Å². The predicted molar refractivity (Wildman–Crippen MR) is 58.9 cm³/mol. The molecule has 0 atom stereocenters. The Bertz CT molecular complexity index is 233. The van der Waals surface area contributed by atoms with Gasteiger partial charge in [0, 0.05) is 34.2 Å². The van der Waals surface area contributed by atoms with Gasteiger partial charge in [-0.05, 0) is 0 Å². The normalized spacial score (nSPS) is 10.0. The Balaban J connectivity index is 4.20. The van der Waals surface area contributed by atoms with Crippen molar-refractivity contribution in [2.45, 2.75) is 6.92 Å². The highest BCUT2D eigenvalue weighted by Gasteiger charge is 2.15. The molecule has 0 unspecified atom stereocenters. The predicted octanol–water partition coefficient (Wildman–Crippen LogP) is -1.07. The van der Waals surface area contributed by atoms with Crippen LogP contribution in [0.5, 0.6) is 0 Å². The monoisotopic (exact) mass is 232 g/mol. The maximum atomic E-state index is 11.7. The third-order valence-electron chi connectivity index (χ3n) is 2.20. The number of hydrogen-bond acceptors (Lipinski definition) is 4.